The Bertz CT molecular complexity index is 846. The number of benzene rings is 2. The topological polar surface area (TPSA) is 62.0 Å². The van der Waals surface area contributed by atoms with E-state index in [0.29, 0.717) is 0 Å². The van der Waals surface area contributed by atoms with Gasteiger partial charge in [-0.05, 0) is 55.2 Å². The Labute approximate surface area is 193 Å². The van der Waals surface area contributed by atoms with E-state index in [1.807, 2.05) is 6.07 Å². The van der Waals surface area contributed by atoms with Gasteiger partial charge in [-0.2, -0.15) is 0 Å². The van der Waals surface area contributed by atoms with Crippen LogP contribution in [0.3, 0.4) is 0 Å². The predicted molar refractivity (Wildman–Crippen MR) is 130 cm³/mol. The highest BCUT2D eigenvalue weighted by Gasteiger charge is 2.42. The number of hydrogen-bond donors (Lipinski definition) is 2. The number of methoxy groups -OCH3 is 1. The number of rotatable bonds is 9. The van der Waals surface area contributed by atoms with Gasteiger partial charge < -0.3 is 15.6 Å². The van der Waals surface area contributed by atoms with E-state index < -0.39 is 5.60 Å². The lowest BCUT2D eigenvalue weighted by molar-refractivity contribution is -0.108. The lowest BCUT2D eigenvalue weighted by Crippen LogP contribution is -2.52. The highest BCUT2D eigenvalue weighted by atomic mass is 16.5. The largest absolute Gasteiger partial charge is 0.385 e. The Morgan fingerprint density at radius 1 is 0.969 bits per heavy atom. The Morgan fingerprint density at radius 3 is 2.47 bits per heavy atom. The Balaban J connectivity index is 1.64. The molecule has 4 rings (SSSR count). The molecule has 2 aromatic carbocycles. The van der Waals surface area contributed by atoms with Crippen molar-refractivity contribution in [2.45, 2.75) is 50.2 Å². The molecule has 0 amide bonds. The molecule has 2 aromatic rings. The summed E-state index contributed by atoms with van der Waals surface area (Å²) in [4.78, 5) is 0. The molecule has 3 unspecified atom stereocenters. The van der Waals surface area contributed by atoms with Gasteiger partial charge in [0.15, 0.2) is 0 Å². The van der Waals surface area contributed by atoms with Crippen LogP contribution in [-0.2, 0) is 10.3 Å². The van der Waals surface area contributed by atoms with Crippen molar-refractivity contribution in [2.24, 2.45) is 11.7 Å². The Morgan fingerprint density at radius 2 is 1.72 bits per heavy atom. The van der Waals surface area contributed by atoms with Crippen molar-refractivity contribution < 1.29 is 9.84 Å². The van der Waals surface area contributed by atoms with E-state index in [1.54, 1.807) is 7.11 Å². The number of nitrogens with zero attached hydrogens (tertiary/aromatic N) is 2. The minimum Gasteiger partial charge on any atom is -0.385 e. The molecule has 0 bridgehead atoms. The minimum atomic E-state index is -0.874. The molecule has 2 fully saturated rings. The van der Waals surface area contributed by atoms with Crippen LogP contribution in [0.1, 0.15) is 44.1 Å². The summed E-state index contributed by atoms with van der Waals surface area (Å²) in [6.07, 6.45) is 5.85. The Kier molecular flexibility index (Phi) is 7.98. The summed E-state index contributed by atoms with van der Waals surface area (Å²) in [6.45, 7) is 4.64. The second-order valence-corrected chi connectivity index (χ2v) is 9.50. The smallest absolute Gasteiger partial charge is 0.0943 e. The molecule has 2 aliphatic rings. The predicted octanol–water partition coefficient (Wildman–Crippen LogP) is 4.02. The van der Waals surface area contributed by atoms with E-state index in [-0.39, 0.29) is 12.0 Å². The van der Waals surface area contributed by atoms with Crippen LogP contribution in [0.5, 0.6) is 0 Å². The number of nitrogens with two attached hydrogens (primary N) is 1. The molecule has 174 valence electrons. The second-order valence-electron chi connectivity index (χ2n) is 9.50. The highest BCUT2D eigenvalue weighted by molar-refractivity contribution is 5.68. The lowest BCUT2D eigenvalue weighted by Gasteiger charge is -2.46. The molecular weight excluding hydrogens is 398 g/mol. The number of piperidine rings is 1. The van der Waals surface area contributed by atoms with Crippen LogP contribution in [-0.4, -0.2) is 61.1 Å². The molecule has 0 aromatic heterocycles. The summed E-state index contributed by atoms with van der Waals surface area (Å²) < 4.78 is 5.29. The number of hydrogen-bond acceptors (Lipinski definition) is 5. The average molecular weight is 438 g/mol. The zero-order valence-corrected chi connectivity index (χ0v) is 19.5. The van der Waals surface area contributed by atoms with Gasteiger partial charge in [0.2, 0.25) is 0 Å². The molecule has 5 nitrogen and oxygen atoms in total. The standard InChI is InChI=1S/C27H39N3O2/c1-32-19-8-7-16-27(31,23-12-9-17-29(20-23)30-18-15-24(28)21-30)26-14-6-5-13-25(26)22-10-3-2-4-11-22/h2-6,10-11,13-14,23-24,31H,7-9,12,15-21,28H2,1H3. The summed E-state index contributed by atoms with van der Waals surface area (Å²) in [6, 6.07) is 19.2. The van der Waals surface area contributed by atoms with Crippen molar-refractivity contribution in [3.8, 4) is 11.1 Å². The van der Waals surface area contributed by atoms with Crippen LogP contribution in [0.15, 0.2) is 54.6 Å². The van der Waals surface area contributed by atoms with Gasteiger partial charge in [0.05, 0.1) is 5.60 Å². The maximum atomic E-state index is 12.5. The third-order valence-corrected chi connectivity index (χ3v) is 7.31. The van der Waals surface area contributed by atoms with Crippen molar-refractivity contribution in [3.63, 3.8) is 0 Å². The molecule has 0 aliphatic carbocycles. The van der Waals surface area contributed by atoms with Gasteiger partial charge in [-0.3, -0.25) is 0 Å². The first-order valence-corrected chi connectivity index (χ1v) is 12.2. The van der Waals surface area contributed by atoms with Gasteiger partial charge in [-0.25, -0.2) is 10.0 Å². The summed E-state index contributed by atoms with van der Waals surface area (Å²) >= 11 is 0. The summed E-state index contributed by atoms with van der Waals surface area (Å²) in [5.74, 6) is 0.181. The average Bonchev–Trinajstić information content (AvgIpc) is 3.29. The highest BCUT2D eigenvalue weighted by Crippen LogP contribution is 2.43. The summed E-state index contributed by atoms with van der Waals surface area (Å²) in [5, 5.41) is 17.3. The van der Waals surface area contributed by atoms with Gasteiger partial charge >= 0.3 is 0 Å². The zero-order valence-electron chi connectivity index (χ0n) is 19.5. The molecule has 0 spiro atoms. The SMILES string of the molecule is COCCCCC(O)(c1ccccc1-c1ccccc1)C1CCCN(N2CCC(N)C2)C1. The fraction of sp³-hybridized carbons (Fsp3) is 0.556. The second kappa shape index (κ2) is 10.9. The quantitative estimate of drug-likeness (QED) is 0.580. The molecule has 2 saturated heterocycles. The van der Waals surface area contributed by atoms with Crippen molar-refractivity contribution in [3.05, 3.63) is 60.2 Å². The monoisotopic (exact) mass is 437 g/mol. The molecule has 0 radical (unpaired) electrons. The van der Waals surface area contributed by atoms with E-state index in [2.05, 4.69) is 58.5 Å². The van der Waals surface area contributed by atoms with Crippen LogP contribution in [0.4, 0.5) is 0 Å². The van der Waals surface area contributed by atoms with Crippen molar-refractivity contribution in [1.29, 1.82) is 0 Å². The van der Waals surface area contributed by atoms with Gasteiger partial charge in [0.1, 0.15) is 0 Å². The number of ether oxygens (including phenoxy) is 1. The Hall–Kier alpha value is -1.76. The maximum absolute atomic E-state index is 12.5. The summed E-state index contributed by atoms with van der Waals surface area (Å²) in [5.41, 5.74) is 8.69. The fourth-order valence-corrected chi connectivity index (χ4v) is 5.56. The third kappa shape index (κ3) is 5.24. The van der Waals surface area contributed by atoms with Gasteiger partial charge in [0, 0.05) is 51.9 Å². The van der Waals surface area contributed by atoms with Crippen molar-refractivity contribution in [1.82, 2.24) is 10.0 Å². The minimum absolute atomic E-state index is 0.181. The maximum Gasteiger partial charge on any atom is 0.0943 e. The molecule has 0 saturated carbocycles. The number of aliphatic hydroxyl groups is 1. The van der Waals surface area contributed by atoms with Gasteiger partial charge in [0.25, 0.3) is 0 Å². The molecule has 32 heavy (non-hydrogen) atoms. The van der Waals surface area contributed by atoms with Crippen LogP contribution < -0.4 is 5.73 Å². The molecular formula is C27H39N3O2. The normalized spacial score (nSPS) is 24.5. The molecule has 3 N–H and O–H groups in total. The van der Waals surface area contributed by atoms with Crippen LogP contribution in [0.25, 0.3) is 11.1 Å². The zero-order chi connectivity index (χ0) is 22.4. The third-order valence-electron chi connectivity index (χ3n) is 7.31. The molecule has 2 heterocycles. The van der Waals surface area contributed by atoms with Gasteiger partial charge in [-0.1, -0.05) is 54.6 Å². The van der Waals surface area contributed by atoms with Gasteiger partial charge in [-0.15, -0.1) is 0 Å². The van der Waals surface area contributed by atoms with E-state index in [1.165, 1.54) is 0 Å². The van der Waals surface area contributed by atoms with E-state index in [0.717, 1.165) is 88.0 Å². The van der Waals surface area contributed by atoms with Crippen LogP contribution in [0, 0.1) is 5.92 Å². The lowest BCUT2D eigenvalue weighted by atomic mass is 9.72. The summed E-state index contributed by atoms with van der Waals surface area (Å²) in [7, 11) is 1.75. The van der Waals surface area contributed by atoms with Crippen LogP contribution >= 0.6 is 0 Å². The van der Waals surface area contributed by atoms with E-state index >= 15 is 0 Å². The fourth-order valence-electron chi connectivity index (χ4n) is 5.56. The van der Waals surface area contributed by atoms with E-state index in [4.69, 9.17) is 10.5 Å². The first kappa shape index (κ1) is 23.4. The number of hydrazine groups is 1. The van der Waals surface area contributed by atoms with Crippen LogP contribution in [0.2, 0.25) is 0 Å². The molecule has 2 aliphatic heterocycles. The van der Waals surface area contributed by atoms with Crippen molar-refractivity contribution in [2.75, 3.05) is 39.9 Å². The van der Waals surface area contributed by atoms with E-state index in [9.17, 15) is 5.11 Å². The first-order valence-electron chi connectivity index (χ1n) is 12.2. The van der Waals surface area contributed by atoms with Crippen molar-refractivity contribution >= 4 is 0 Å². The first-order chi connectivity index (χ1) is 15.6. The number of unbranched alkanes of at least 4 members (excludes halogenated alkanes) is 1. The molecule has 5 heteroatoms. The molecule has 3 atom stereocenters.